The maximum absolute atomic E-state index is 15.2. The first-order chi connectivity index (χ1) is 20.1. The van der Waals surface area contributed by atoms with Gasteiger partial charge in [0.1, 0.15) is 22.5 Å². The second-order valence-electron chi connectivity index (χ2n) is 10.00. The second-order valence-corrected chi connectivity index (χ2v) is 10.00. The molecule has 0 aliphatic heterocycles. The van der Waals surface area contributed by atoms with Gasteiger partial charge in [0.15, 0.2) is 23.0 Å². The van der Waals surface area contributed by atoms with Crippen LogP contribution in [0.2, 0.25) is 0 Å². The van der Waals surface area contributed by atoms with Crippen molar-refractivity contribution in [3.63, 3.8) is 0 Å². The van der Waals surface area contributed by atoms with Gasteiger partial charge in [-0.3, -0.25) is 14.7 Å². The summed E-state index contributed by atoms with van der Waals surface area (Å²) in [6, 6.07) is 10.5. The van der Waals surface area contributed by atoms with Gasteiger partial charge in [0.2, 0.25) is 5.43 Å². The summed E-state index contributed by atoms with van der Waals surface area (Å²) in [4.78, 5) is 30.7. The number of aromatic amines is 1. The van der Waals surface area contributed by atoms with E-state index >= 15 is 4.39 Å². The van der Waals surface area contributed by atoms with Crippen molar-refractivity contribution in [3.8, 4) is 22.6 Å². The van der Waals surface area contributed by atoms with E-state index in [2.05, 4.69) is 25.8 Å². The van der Waals surface area contributed by atoms with Gasteiger partial charge in [-0.2, -0.15) is 5.10 Å². The second kappa shape index (κ2) is 11.8. The molecule has 0 bridgehead atoms. The number of aliphatic hydroxyl groups is 1. The maximum atomic E-state index is 15.2. The van der Waals surface area contributed by atoms with Crippen LogP contribution in [0.5, 0.6) is 11.5 Å². The van der Waals surface area contributed by atoms with E-state index in [-0.39, 0.29) is 47.0 Å². The van der Waals surface area contributed by atoms with Crippen LogP contribution in [0.4, 0.5) is 20.3 Å². The van der Waals surface area contributed by atoms with E-state index in [0.29, 0.717) is 22.4 Å². The summed E-state index contributed by atoms with van der Waals surface area (Å²) in [5, 5.41) is 22.4. The third-order valence-electron chi connectivity index (χ3n) is 6.53. The van der Waals surface area contributed by atoms with Gasteiger partial charge in [0.25, 0.3) is 5.91 Å². The van der Waals surface area contributed by atoms with Gasteiger partial charge in [-0.1, -0.05) is 12.1 Å². The van der Waals surface area contributed by atoms with E-state index in [1.807, 2.05) is 13.8 Å². The predicted molar refractivity (Wildman–Crippen MR) is 155 cm³/mol. The van der Waals surface area contributed by atoms with Crippen LogP contribution in [0.3, 0.4) is 0 Å². The number of carbonyl (C=O) groups excluding carboxylic acids is 1. The fraction of sp³-hybridized carbons (Fsp3) is 0.200. The van der Waals surface area contributed by atoms with Crippen LogP contribution in [0.25, 0.3) is 22.2 Å². The molecule has 216 valence electrons. The number of nitrogens with one attached hydrogen (secondary N) is 3. The Morgan fingerprint density at radius 1 is 1.07 bits per heavy atom. The van der Waals surface area contributed by atoms with Crippen molar-refractivity contribution in [2.24, 2.45) is 0 Å². The molecule has 1 atom stereocenters. The third kappa shape index (κ3) is 5.84. The monoisotopic (exact) mass is 574 g/mol. The lowest BCUT2D eigenvalue weighted by Crippen LogP contribution is -2.25. The van der Waals surface area contributed by atoms with Gasteiger partial charge < -0.3 is 25.0 Å². The van der Waals surface area contributed by atoms with Crippen molar-refractivity contribution < 1.29 is 23.4 Å². The first-order valence-corrected chi connectivity index (χ1v) is 13.2. The lowest BCUT2D eigenvalue weighted by Gasteiger charge is -2.16. The number of carbonyl (C=O) groups is 1. The predicted octanol–water partition coefficient (Wildman–Crippen LogP) is 5.48. The highest BCUT2D eigenvalue weighted by molar-refractivity contribution is 6.04. The van der Waals surface area contributed by atoms with Crippen molar-refractivity contribution >= 4 is 28.4 Å². The van der Waals surface area contributed by atoms with Crippen LogP contribution in [0, 0.1) is 11.6 Å². The Morgan fingerprint density at radius 3 is 2.52 bits per heavy atom. The number of fused-ring (bicyclic) bond motifs is 1. The van der Waals surface area contributed by atoms with Crippen molar-refractivity contribution in [1.82, 2.24) is 19.7 Å². The zero-order valence-electron chi connectivity index (χ0n) is 23.0. The number of benzene rings is 2. The molecule has 12 heteroatoms. The maximum Gasteiger partial charge on any atom is 0.261 e. The van der Waals surface area contributed by atoms with Crippen LogP contribution in [-0.2, 0) is 0 Å². The van der Waals surface area contributed by atoms with Crippen LogP contribution in [0.1, 0.15) is 37.2 Å². The van der Waals surface area contributed by atoms with E-state index in [4.69, 9.17) is 4.74 Å². The first kappa shape index (κ1) is 28.4. The highest BCUT2D eigenvalue weighted by atomic mass is 19.1. The number of hydrogen-bond acceptors (Lipinski definition) is 7. The van der Waals surface area contributed by atoms with Crippen molar-refractivity contribution in [2.75, 3.05) is 17.2 Å². The third-order valence-corrected chi connectivity index (χ3v) is 6.53. The minimum absolute atomic E-state index is 0.0809. The van der Waals surface area contributed by atoms with E-state index in [1.165, 1.54) is 48.8 Å². The normalized spacial score (nSPS) is 12.0. The number of anilines is 2. The minimum Gasteiger partial charge on any atom is -0.453 e. The van der Waals surface area contributed by atoms with Crippen molar-refractivity contribution in [1.29, 1.82) is 0 Å². The lowest BCUT2D eigenvalue weighted by molar-refractivity contribution is 0.102. The van der Waals surface area contributed by atoms with E-state index < -0.39 is 23.0 Å². The largest absolute Gasteiger partial charge is 0.453 e. The molecule has 3 heterocycles. The number of aliphatic hydroxyl groups excluding tert-OH is 1. The Hall–Kier alpha value is -5.10. The fourth-order valence-electron chi connectivity index (χ4n) is 4.26. The number of aromatic nitrogens is 4. The molecule has 1 unspecified atom stereocenters. The molecule has 2 aromatic carbocycles. The van der Waals surface area contributed by atoms with Crippen molar-refractivity contribution in [2.45, 2.75) is 32.9 Å². The van der Waals surface area contributed by atoms with E-state index in [0.717, 1.165) is 6.07 Å². The average molecular weight is 575 g/mol. The van der Waals surface area contributed by atoms with Gasteiger partial charge in [0.05, 0.1) is 6.61 Å². The summed E-state index contributed by atoms with van der Waals surface area (Å²) in [7, 11) is 0. The average Bonchev–Trinajstić information content (AvgIpc) is 3.38. The molecule has 0 aliphatic carbocycles. The molecule has 0 saturated carbocycles. The van der Waals surface area contributed by atoms with Gasteiger partial charge in [-0.25, -0.2) is 13.8 Å². The molecule has 5 aromatic rings. The standard InChI is InChI=1S/C30H28F2N6O4/c1-16(2)38-13-21(18-4-6-19(31)7-5-18)27(40)22(14-38)30(41)35-20-8-9-24(23(32)12-20)42-25-10-11-33-28-26(25)29(37-36-28)34-17(3)15-39/h4-14,16-17,39H,15H2,1-3H3,(H,35,41)(H2,33,34,36,37). The quantitative estimate of drug-likeness (QED) is 0.183. The summed E-state index contributed by atoms with van der Waals surface area (Å²) in [6.45, 7) is 5.41. The number of amides is 1. The highest BCUT2D eigenvalue weighted by Gasteiger charge is 2.19. The lowest BCUT2D eigenvalue weighted by atomic mass is 10.0. The molecular formula is C30H28F2N6O4. The number of ether oxygens (including phenoxy) is 1. The number of nitrogens with zero attached hydrogens (tertiary/aromatic N) is 3. The highest BCUT2D eigenvalue weighted by Crippen LogP contribution is 2.34. The molecule has 42 heavy (non-hydrogen) atoms. The number of H-pyrrole nitrogens is 1. The summed E-state index contributed by atoms with van der Waals surface area (Å²) in [5.41, 5.74) is 0.511. The SMILES string of the molecule is CC(CO)Nc1n[nH]c2nccc(Oc3ccc(NC(=O)c4cn(C(C)C)cc(-c5ccc(F)cc5)c4=O)cc3F)c12. The smallest absolute Gasteiger partial charge is 0.261 e. The molecule has 0 saturated heterocycles. The summed E-state index contributed by atoms with van der Waals surface area (Å²) in [6.07, 6.45) is 4.53. The van der Waals surface area contributed by atoms with Gasteiger partial charge in [-0.05, 0) is 50.6 Å². The Kier molecular flexibility index (Phi) is 7.98. The number of rotatable bonds is 9. The molecule has 3 aromatic heterocycles. The zero-order chi connectivity index (χ0) is 30.0. The van der Waals surface area contributed by atoms with Crippen LogP contribution >= 0.6 is 0 Å². The summed E-state index contributed by atoms with van der Waals surface area (Å²) < 4.78 is 36.2. The van der Waals surface area contributed by atoms with E-state index in [9.17, 15) is 19.1 Å². The van der Waals surface area contributed by atoms with Gasteiger partial charge in [-0.15, -0.1) is 0 Å². The van der Waals surface area contributed by atoms with Crippen LogP contribution < -0.4 is 20.8 Å². The molecule has 1 amide bonds. The molecular weight excluding hydrogens is 546 g/mol. The number of pyridine rings is 2. The van der Waals surface area contributed by atoms with Crippen molar-refractivity contribution in [3.05, 3.63) is 94.5 Å². The fourth-order valence-corrected chi connectivity index (χ4v) is 4.26. The minimum atomic E-state index is -0.765. The van der Waals surface area contributed by atoms with Gasteiger partial charge >= 0.3 is 0 Å². The molecule has 0 fully saturated rings. The Morgan fingerprint density at radius 2 is 1.83 bits per heavy atom. The molecule has 0 aliphatic rings. The molecule has 10 nitrogen and oxygen atoms in total. The Labute approximate surface area is 239 Å². The number of halogens is 2. The summed E-state index contributed by atoms with van der Waals surface area (Å²) in [5.74, 6) is -1.41. The molecule has 0 spiro atoms. The molecule has 4 N–H and O–H groups in total. The van der Waals surface area contributed by atoms with Gasteiger partial charge in [0, 0.05) is 54.1 Å². The van der Waals surface area contributed by atoms with Crippen LogP contribution in [-0.4, -0.2) is 43.4 Å². The number of hydrogen-bond donors (Lipinski definition) is 4. The van der Waals surface area contributed by atoms with E-state index in [1.54, 1.807) is 23.8 Å². The van der Waals surface area contributed by atoms with Crippen LogP contribution in [0.15, 0.2) is 71.9 Å². The topological polar surface area (TPSA) is 134 Å². The zero-order valence-corrected chi connectivity index (χ0v) is 23.0. The summed E-state index contributed by atoms with van der Waals surface area (Å²) >= 11 is 0. The Bertz CT molecular complexity index is 1820. The molecule has 0 radical (unpaired) electrons. The first-order valence-electron chi connectivity index (χ1n) is 13.2. The molecule has 5 rings (SSSR count). The Balaban J connectivity index is 1.41.